The molecule has 1 aromatic carbocycles. The molecule has 10 heteroatoms. The van der Waals surface area contributed by atoms with Crippen molar-refractivity contribution >= 4 is 23.3 Å². The summed E-state index contributed by atoms with van der Waals surface area (Å²) in [6.07, 6.45) is -0.662. The largest absolute Gasteiger partial charge is 0.493 e. The number of morpholine rings is 1. The Hall–Kier alpha value is -2.52. The van der Waals surface area contributed by atoms with Crippen LogP contribution in [0.1, 0.15) is 24.8 Å². The van der Waals surface area contributed by atoms with Gasteiger partial charge in [0.2, 0.25) is 11.8 Å². The fraction of sp³-hybridized carbons (Fsp3) is 0.471. The van der Waals surface area contributed by atoms with Crippen molar-refractivity contribution < 1.29 is 23.4 Å². The van der Waals surface area contributed by atoms with Gasteiger partial charge in [-0.3, -0.25) is 0 Å². The Morgan fingerprint density at radius 3 is 2.70 bits per heavy atom. The monoisotopic (exact) mass is 396 g/mol. The van der Waals surface area contributed by atoms with Crippen LogP contribution in [-0.4, -0.2) is 54.5 Å². The van der Waals surface area contributed by atoms with E-state index in [1.54, 1.807) is 24.0 Å². The molecule has 0 bridgehead atoms. The number of nitrogens with zero attached hydrogens (tertiary/aromatic N) is 3. The second-order valence-corrected chi connectivity index (χ2v) is 6.53. The maximum Gasteiger partial charge on any atom is 0.322 e. The van der Waals surface area contributed by atoms with Gasteiger partial charge in [-0.15, -0.1) is 10.2 Å². The maximum atomic E-state index is 12.7. The Kier molecular flexibility index (Phi) is 5.71. The number of anilines is 1. The molecule has 1 aliphatic heterocycles. The quantitative estimate of drug-likeness (QED) is 0.847. The number of hydrogen-bond donors (Lipinski definition) is 1. The summed E-state index contributed by atoms with van der Waals surface area (Å²) in [6, 6.07) is 2.95. The minimum Gasteiger partial charge on any atom is -0.493 e. The Morgan fingerprint density at radius 2 is 2.07 bits per heavy atom. The van der Waals surface area contributed by atoms with Crippen molar-refractivity contribution in [2.24, 2.45) is 0 Å². The molecule has 1 saturated heterocycles. The number of hydrogen-bond acceptors (Lipinski definition) is 7. The molecule has 0 spiro atoms. The van der Waals surface area contributed by atoms with Crippen LogP contribution in [0.2, 0.25) is 5.02 Å². The number of nitrogens with one attached hydrogen (secondary N) is 1. The second kappa shape index (κ2) is 8.01. The van der Waals surface area contributed by atoms with Crippen LogP contribution >= 0.6 is 11.6 Å². The van der Waals surface area contributed by atoms with Crippen molar-refractivity contribution in [3.63, 3.8) is 0 Å². The minimum absolute atomic E-state index is 0.185. The van der Waals surface area contributed by atoms with Crippen LogP contribution in [0.15, 0.2) is 16.5 Å². The van der Waals surface area contributed by atoms with Crippen LogP contribution < -0.4 is 14.8 Å². The predicted octanol–water partition coefficient (Wildman–Crippen LogP) is 3.04. The smallest absolute Gasteiger partial charge is 0.322 e. The Balaban J connectivity index is 1.74. The topological polar surface area (TPSA) is 99.0 Å². The van der Waals surface area contributed by atoms with Crippen LogP contribution in [0.4, 0.5) is 10.5 Å². The average molecular weight is 397 g/mol. The molecule has 1 fully saturated rings. The average Bonchev–Trinajstić information content (AvgIpc) is 3.07. The van der Waals surface area contributed by atoms with Gasteiger partial charge in [0.05, 0.1) is 31.9 Å². The molecule has 27 heavy (non-hydrogen) atoms. The van der Waals surface area contributed by atoms with Crippen molar-refractivity contribution in [1.82, 2.24) is 15.1 Å². The summed E-state index contributed by atoms with van der Waals surface area (Å²) in [5.74, 6) is 1.63. The third kappa shape index (κ3) is 4.25. The predicted molar refractivity (Wildman–Crippen MR) is 97.5 cm³/mol. The van der Waals surface area contributed by atoms with E-state index in [0.29, 0.717) is 47.1 Å². The van der Waals surface area contributed by atoms with Gasteiger partial charge in [-0.2, -0.15) is 0 Å². The Bertz CT molecular complexity index is 828. The molecular formula is C17H21ClN4O5. The van der Waals surface area contributed by atoms with Crippen LogP contribution in [0.25, 0.3) is 0 Å². The number of rotatable bonds is 4. The first-order chi connectivity index (χ1) is 12.9. The van der Waals surface area contributed by atoms with E-state index in [1.165, 1.54) is 14.2 Å². The summed E-state index contributed by atoms with van der Waals surface area (Å²) < 4.78 is 21.7. The highest BCUT2D eigenvalue weighted by Gasteiger charge is 2.32. The molecule has 1 aromatic heterocycles. The third-order valence-electron chi connectivity index (χ3n) is 4.05. The van der Waals surface area contributed by atoms with E-state index in [4.69, 9.17) is 30.2 Å². The number of urea groups is 1. The van der Waals surface area contributed by atoms with Crippen molar-refractivity contribution in [3.05, 3.63) is 28.9 Å². The number of ether oxygens (including phenoxy) is 3. The molecule has 0 saturated carbocycles. The van der Waals surface area contributed by atoms with Gasteiger partial charge in [0, 0.05) is 25.2 Å². The lowest BCUT2D eigenvalue weighted by Crippen LogP contribution is -2.47. The third-order valence-corrected chi connectivity index (χ3v) is 4.33. The molecule has 1 aliphatic rings. The number of amides is 2. The summed E-state index contributed by atoms with van der Waals surface area (Å²) in [5.41, 5.74) is 0.493. The van der Waals surface area contributed by atoms with E-state index in [9.17, 15) is 4.79 Å². The molecule has 3 rings (SSSR count). The SMILES string of the molecule is COc1cc(NC(=O)N2C[C@@H](C)O[C@@H](c3nnc(C)o3)C2)cc(Cl)c1OC. The lowest BCUT2D eigenvalue weighted by atomic mass is 10.2. The first kappa shape index (κ1) is 19.2. The first-order valence-corrected chi connectivity index (χ1v) is 8.72. The van der Waals surface area contributed by atoms with Crippen LogP contribution in [0.3, 0.4) is 0 Å². The molecular weight excluding hydrogens is 376 g/mol. The number of carbonyl (C=O) groups excluding carboxylic acids is 1. The van der Waals surface area contributed by atoms with E-state index < -0.39 is 6.10 Å². The summed E-state index contributed by atoms with van der Waals surface area (Å²) in [4.78, 5) is 14.4. The van der Waals surface area contributed by atoms with Crippen LogP contribution in [-0.2, 0) is 4.74 Å². The number of aryl methyl sites for hydroxylation is 1. The molecule has 2 aromatic rings. The molecule has 2 amide bonds. The van der Waals surface area contributed by atoms with Crippen molar-refractivity contribution in [2.75, 3.05) is 32.6 Å². The van der Waals surface area contributed by atoms with Crippen LogP contribution in [0.5, 0.6) is 11.5 Å². The highest BCUT2D eigenvalue weighted by molar-refractivity contribution is 6.32. The van der Waals surface area contributed by atoms with Gasteiger partial charge in [-0.05, 0) is 13.0 Å². The van der Waals surface area contributed by atoms with E-state index in [0.717, 1.165) is 0 Å². The molecule has 9 nitrogen and oxygen atoms in total. The highest BCUT2D eigenvalue weighted by Crippen LogP contribution is 2.38. The number of aromatic nitrogens is 2. The summed E-state index contributed by atoms with van der Waals surface area (Å²) in [7, 11) is 3.00. The van der Waals surface area contributed by atoms with Gasteiger partial charge < -0.3 is 28.8 Å². The molecule has 146 valence electrons. The molecule has 1 N–H and O–H groups in total. The van der Waals surface area contributed by atoms with E-state index in [2.05, 4.69) is 15.5 Å². The van der Waals surface area contributed by atoms with Gasteiger partial charge in [0.25, 0.3) is 0 Å². The standard InChI is InChI=1S/C17H21ClN4O5/c1-9-7-22(8-14(26-9)16-21-20-10(2)27-16)17(23)19-11-5-12(18)15(25-4)13(6-11)24-3/h5-6,9,14H,7-8H2,1-4H3,(H,19,23)/t9-,14-/m1/s1. The Morgan fingerprint density at radius 1 is 1.30 bits per heavy atom. The van der Waals surface area contributed by atoms with Crippen molar-refractivity contribution in [3.8, 4) is 11.5 Å². The van der Waals surface area contributed by atoms with E-state index >= 15 is 0 Å². The number of benzene rings is 1. The first-order valence-electron chi connectivity index (χ1n) is 8.34. The lowest BCUT2D eigenvalue weighted by Gasteiger charge is -2.35. The maximum absolute atomic E-state index is 12.7. The van der Waals surface area contributed by atoms with Gasteiger partial charge >= 0.3 is 6.03 Å². The highest BCUT2D eigenvalue weighted by atomic mass is 35.5. The van der Waals surface area contributed by atoms with Gasteiger partial charge in [-0.1, -0.05) is 11.6 Å². The molecule has 0 radical (unpaired) electrons. The Labute approximate surface area is 161 Å². The van der Waals surface area contributed by atoms with Gasteiger partial charge in [-0.25, -0.2) is 4.79 Å². The lowest BCUT2D eigenvalue weighted by molar-refractivity contribution is -0.0754. The molecule has 2 atom stereocenters. The molecule has 0 unspecified atom stereocenters. The minimum atomic E-state index is -0.477. The normalized spacial score (nSPS) is 19.7. The van der Waals surface area contributed by atoms with Crippen molar-refractivity contribution in [1.29, 1.82) is 0 Å². The number of halogens is 1. The summed E-state index contributed by atoms with van der Waals surface area (Å²) >= 11 is 6.19. The fourth-order valence-electron chi connectivity index (χ4n) is 2.89. The van der Waals surface area contributed by atoms with Gasteiger partial charge in [0.15, 0.2) is 17.6 Å². The number of carbonyl (C=O) groups is 1. The van der Waals surface area contributed by atoms with Gasteiger partial charge in [0.1, 0.15) is 0 Å². The van der Waals surface area contributed by atoms with Crippen molar-refractivity contribution in [2.45, 2.75) is 26.1 Å². The molecule has 2 heterocycles. The zero-order valence-electron chi connectivity index (χ0n) is 15.5. The zero-order chi connectivity index (χ0) is 19.6. The fourth-order valence-corrected chi connectivity index (χ4v) is 3.18. The van der Waals surface area contributed by atoms with Crippen LogP contribution in [0, 0.1) is 6.92 Å². The summed E-state index contributed by atoms with van der Waals surface area (Å²) in [6.45, 7) is 4.30. The molecule has 0 aliphatic carbocycles. The number of methoxy groups -OCH3 is 2. The van der Waals surface area contributed by atoms with E-state index in [-0.39, 0.29) is 12.1 Å². The van der Waals surface area contributed by atoms with E-state index in [1.807, 2.05) is 6.92 Å². The zero-order valence-corrected chi connectivity index (χ0v) is 16.2. The summed E-state index contributed by atoms with van der Waals surface area (Å²) in [5, 5.41) is 11.0. The second-order valence-electron chi connectivity index (χ2n) is 6.12.